The summed E-state index contributed by atoms with van der Waals surface area (Å²) in [4.78, 5) is 6.46. The van der Waals surface area contributed by atoms with Crippen molar-refractivity contribution < 1.29 is 0 Å². The number of hydrogen-bond donors (Lipinski definition) is 1. The lowest BCUT2D eigenvalue weighted by molar-refractivity contribution is 0.531. The average molecular weight is 269 g/mol. The first kappa shape index (κ1) is 12.7. The molecule has 0 saturated carbocycles. The highest BCUT2D eigenvalue weighted by Gasteiger charge is 2.29. The van der Waals surface area contributed by atoms with Gasteiger partial charge in [0.1, 0.15) is 0 Å². The highest BCUT2D eigenvalue weighted by molar-refractivity contribution is 5.97. The first-order chi connectivity index (χ1) is 9.66. The molecular weight excluding hydrogens is 250 g/mol. The lowest BCUT2D eigenvalue weighted by atomic mass is 10.1. The van der Waals surface area contributed by atoms with Crippen molar-refractivity contribution in [3.8, 4) is 0 Å². The molecule has 5 heteroatoms. The van der Waals surface area contributed by atoms with E-state index in [1.807, 2.05) is 41.2 Å². The van der Waals surface area contributed by atoms with Gasteiger partial charge in [-0.1, -0.05) is 18.2 Å². The van der Waals surface area contributed by atoms with Crippen molar-refractivity contribution in [2.75, 3.05) is 11.4 Å². The maximum atomic E-state index is 6.05. The summed E-state index contributed by atoms with van der Waals surface area (Å²) in [5.41, 5.74) is 8.26. The number of aromatic nitrogens is 2. The summed E-state index contributed by atoms with van der Waals surface area (Å²) in [6, 6.07) is 10.6. The molecule has 0 bridgehead atoms. The molecule has 104 valence electrons. The molecule has 1 atom stereocenters. The Bertz CT molecular complexity index is 614. The van der Waals surface area contributed by atoms with E-state index in [-0.39, 0.29) is 6.04 Å². The Labute approximate surface area is 118 Å². The highest BCUT2D eigenvalue weighted by Crippen LogP contribution is 2.30. The van der Waals surface area contributed by atoms with Crippen LogP contribution >= 0.6 is 0 Å². The van der Waals surface area contributed by atoms with Gasteiger partial charge in [-0.25, -0.2) is 0 Å². The number of guanidine groups is 1. The molecule has 1 aromatic carbocycles. The normalized spacial score (nSPS) is 18.6. The number of anilines is 1. The second-order valence-corrected chi connectivity index (χ2v) is 5.27. The van der Waals surface area contributed by atoms with Gasteiger partial charge in [-0.2, -0.15) is 5.10 Å². The number of benzene rings is 1. The Morgan fingerprint density at radius 1 is 1.25 bits per heavy atom. The molecule has 1 aromatic heterocycles. The Morgan fingerprint density at radius 2 is 2.00 bits per heavy atom. The Balaban J connectivity index is 1.93. The summed E-state index contributed by atoms with van der Waals surface area (Å²) in [5.74, 6) is 0.568. The van der Waals surface area contributed by atoms with Crippen LogP contribution in [0.4, 0.5) is 5.69 Å². The lowest BCUT2D eigenvalue weighted by Crippen LogP contribution is -2.35. The van der Waals surface area contributed by atoms with Crippen LogP contribution in [-0.2, 0) is 0 Å². The van der Waals surface area contributed by atoms with Crippen LogP contribution in [0.2, 0.25) is 0 Å². The molecule has 3 rings (SSSR count). The van der Waals surface area contributed by atoms with Crippen LogP contribution in [0.1, 0.15) is 31.5 Å². The predicted molar refractivity (Wildman–Crippen MR) is 80.8 cm³/mol. The fourth-order valence-electron chi connectivity index (χ4n) is 2.46. The average Bonchev–Trinajstić information content (AvgIpc) is 3.06. The Hall–Kier alpha value is -2.30. The van der Waals surface area contributed by atoms with E-state index in [0.29, 0.717) is 18.5 Å². The fraction of sp³-hybridized carbons (Fsp3) is 0.333. The van der Waals surface area contributed by atoms with Gasteiger partial charge in [0.25, 0.3) is 0 Å². The van der Waals surface area contributed by atoms with Crippen molar-refractivity contribution in [3.05, 3.63) is 48.3 Å². The molecular formula is C15H19N5. The van der Waals surface area contributed by atoms with E-state index in [1.165, 1.54) is 0 Å². The van der Waals surface area contributed by atoms with Gasteiger partial charge < -0.3 is 10.6 Å². The smallest absolute Gasteiger partial charge is 0.196 e. The van der Waals surface area contributed by atoms with Crippen LogP contribution in [-0.4, -0.2) is 22.3 Å². The molecule has 1 unspecified atom stereocenters. The van der Waals surface area contributed by atoms with Crippen molar-refractivity contribution in [1.82, 2.24) is 9.78 Å². The van der Waals surface area contributed by atoms with Crippen LogP contribution in [0, 0.1) is 0 Å². The van der Waals surface area contributed by atoms with Gasteiger partial charge in [0, 0.05) is 23.5 Å². The minimum absolute atomic E-state index is 0.130. The van der Waals surface area contributed by atoms with Crippen LogP contribution < -0.4 is 10.6 Å². The maximum Gasteiger partial charge on any atom is 0.196 e. The largest absolute Gasteiger partial charge is 0.369 e. The third-order valence-electron chi connectivity index (χ3n) is 3.55. The summed E-state index contributed by atoms with van der Waals surface area (Å²) < 4.78 is 1.97. The van der Waals surface area contributed by atoms with Gasteiger partial charge in [-0.15, -0.1) is 0 Å². The number of aliphatic imine (C=N–C) groups is 1. The summed E-state index contributed by atoms with van der Waals surface area (Å²) in [6.45, 7) is 4.90. The van der Waals surface area contributed by atoms with Crippen molar-refractivity contribution in [2.24, 2.45) is 10.7 Å². The van der Waals surface area contributed by atoms with E-state index in [1.54, 1.807) is 0 Å². The first-order valence-electron chi connectivity index (χ1n) is 6.85. The van der Waals surface area contributed by atoms with Crippen molar-refractivity contribution in [2.45, 2.75) is 25.9 Å². The number of nitrogens with zero attached hydrogens (tertiary/aromatic N) is 4. The van der Waals surface area contributed by atoms with Crippen LogP contribution in [0.15, 0.2) is 47.7 Å². The number of para-hydroxylation sites is 1. The van der Waals surface area contributed by atoms with E-state index < -0.39 is 0 Å². The molecule has 0 radical (unpaired) electrons. The summed E-state index contributed by atoms with van der Waals surface area (Å²) in [7, 11) is 0. The van der Waals surface area contributed by atoms with Gasteiger partial charge in [-0.3, -0.25) is 9.67 Å². The zero-order valence-corrected chi connectivity index (χ0v) is 11.8. The van der Waals surface area contributed by atoms with Gasteiger partial charge in [-0.05, 0) is 26.0 Å². The monoisotopic (exact) mass is 269 g/mol. The Kier molecular flexibility index (Phi) is 3.18. The minimum Gasteiger partial charge on any atom is -0.369 e. The molecule has 1 aliphatic rings. The molecule has 5 nitrogen and oxygen atoms in total. The zero-order valence-electron chi connectivity index (χ0n) is 11.8. The van der Waals surface area contributed by atoms with Gasteiger partial charge in [0.2, 0.25) is 0 Å². The molecule has 0 fully saturated rings. The van der Waals surface area contributed by atoms with Crippen LogP contribution in [0.5, 0.6) is 0 Å². The third-order valence-corrected chi connectivity index (χ3v) is 3.55. The van der Waals surface area contributed by atoms with Crippen LogP contribution in [0.25, 0.3) is 0 Å². The quantitative estimate of drug-likeness (QED) is 0.930. The topological polar surface area (TPSA) is 59.4 Å². The highest BCUT2D eigenvalue weighted by atomic mass is 15.3. The van der Waals surface area contributed by atoms with E-state index in [4.69, 9.17) is 5.73 Å². The predicted octanol–water partition coefficient (Wildman–Crippen LogP) is 2.34. The molecule has 0 saturated heterocycles. The van der Waals surface area contributed by atoms with E-state index in [0.717, 1.165) is 11.3 Å². The lowest BCUT2D eigenvalue weighted by Gasteiger charge is -2.25. The van der Waals surface area contributed by atoms with Gasteiger partial charge >= 0.3 is 0 Å². The van der Waals surface area contributed by atoms with Crippen LogP contribution in [0.3, 0.4) is 0 Å². The molecule has 2 N–H and O–H groups in total. The standard InChI is InChI=1S/C15H19N5/c1-11(2)19-10-12(8-18-19)14-9-17-15(16)20(14)13-6-4-3-5-7-13/h3-8,10-11,14H,9H2,1-2H3,(H2,16,17). The summed E-state index contributed by atoms with van der Waals surface area (Å²) >= 11 is 0. The molecule has 1 aliphatic heterocycles. The van der Waals surface area contributed by atoms with Gasteiger partial charge in [0.05, 0.1) is 18.8 Å². The second kappa shape index (κ2) is 5.00. The SMILES string of the molecule is CC(C)n1cc(C2CN=C(N)N2c2ccccc2)cn1. The van der Waals surface area contributed by atoms with Crippen molar-refractivity contribution >= 4 is 11.6 Å². The number of hydrogen-bond acceptors (Lipinski definition) is 4. The second-order valence-electron chi connectivity index (χ2n) is 5.27. The molecule has 2 aromatic rings. The van der Waals surface area contributed by atoms with Gasteiger partial charge in [0.15, 0.2) is 5.96 Å². The number of rotatable bonds is 3. The van der Waals surface area contributed by atoms with E-state index in [9.17, 15) is 0 Å². The fourth-order valence-corrected chi connectivity index (χ4v) is 2.46. The maximum absolute atomic E-state index is 6.05. The van der Waals surface area contributed by atoms with Crippen molar-refractivity contribution in [1.29, 1.82) is 0 Å². The number of nitrogens with two attached hydrogens (primary N) is 1. The van der Waals surface area contributed by atoms with E-state index in [2.05, 4.69) is 35.0 Å². The summed E-state index contributed by atoms with van der Waals surface area (Å²) in [5, 5.41) is 4.41. The molecule has 0 spiro atoms. The zero-order chi connectivity index (χ0) is 14.1. The molecule has 20 heavy (non-hydrogen) atoms. The van der Waals surface area contributed by atoms with E-state index >= 15 is 0 Å². The molecule has 0 amide bonds. The first-order valence-corrected chi connectivity index (χ1v) is 6.85. The minimum atomic E-state index is 0.130. The third kappa shape index (κ3) is 2.15. The molecule has 0 aliphatic carbocycles. The molecule has 2 heterocycles. The summed E-state index contributed by atoms with van der Waals surface area (Å²) in [6.07, 6.45) is 3.99. The van der Waals surface area contributed by atoms with Crippen molar-refractivity contribution in [3.63, 3.8) is 0 Å². The Morgan fingerprint density at radius 3 is 2.65 bits per heavy atom.